The molecule has 29 heteroatoms. The molecule has 0 aromatic heterocycles. The Hall–Kier alpha value is -10.6. The molecule has 95 heavy (non-hydrogen) atoms. The third-order valence-corrected chi connectivity index (χ3v) is 17.2. The summed E-state index contributed by atoms with van der Waals surface area (Å²) in [6, 6.07) is 10.4. The molecule has 14 N–H and O–H groups in total. The molecular formula is C66H61Cl2N9O18. The number of carbonyl (C=O) groups is 7. The number of fused-ring (bicyclic) bond motifs is 14. The van der Waals surface area contributed by atoms with Crippen molar-refractivity contribution in [2.45, 2.75) is 54.8 Å². The molecule has 7 aliphatic heterocycles. The summed E-state index contributed by atoms with van der Waals surface area (Å²) in [5.41, 5.74) is -1.15. The van der Waals surface area contributed by atoms with Crippen molar-refractivity contribution >= 4 is 64.6 Å². The van der Waals surface area contributed by atoms with Gasteiger partial charge in [-0.15, -0.1) is 0 Å². The van der Waals surface area contributed by atoms with Crippen LogP contribution in [-0.4, -0.2) is 152 Å². The van der Waals surface area contributed by atoms with Crippen molar-refractivity contribution < 1.29 is 88.3 Å². The number of ether oxygens (including phenoxy) is 4. The predicted octanol–water partition coefficient (Wildman–Crippen LogP) is 4.95. The van der Waals surface area contributed by atoms with Crippen molar-refractivity contribution in [3.05, 3.63) is 164 Å². The highest BCUT2D eigenvalue weighted by Gasteiger charge is 2.42. The standard InChI is InChI=1S/C66H61Cl2N9O18/c1-76(2)12-11-69-52-31-5-8-44(81)48(23-31)93-37-20-33(19-35(78)26-37)54-63(88)73-55-34-24-49(94-46-9-3-29(17-40(46)67)18-42(60(85)71-54)70-61(52)86)59(84)50(25-34)95-47-10-6-32(22-41(47)68)58(83)57-65(90)74-56(66(91)77-13-15-92-16-14-77)39-27-36(79)28-45(82)51(39)38-21-30(4-7-43(38)80)53(62(87)75-57)72-64(55)89/h3-10,17,19-28,42,52-58,69,78-84H,11-16,18H2,1-2H3,(H,70,86)(H,71,85)(H,72,89)(H,73,88)(H,74,90)(H,75,87)/t42-,52+,53-,54+,55-,56-,57+,58-/m1/s1. The quantitative estimate of drug-likeness (QED) is 0.108. The van der Waals surface area contributed by atoms with E-state index in [-0.39, 0.29) is 117 Å². The van der Waals surface area contributed by atoms with Crippen molar-refractivity contribution in [2.24, 2.45) is 0 Å². The molecule has 1 fully saturated rings. The van der Waals surface area contributed by atoms with Gasteiger partial charge in [0.1, 0.15) is 88.6 Å². The van der Waals surface area contributed by atoms with Crippen LogP contribution in [0.25, 0.3) is 11.1 Å². The lowest BCUT2D eigenvalue weighted by Gasteiger charge is -2.34. The Morgan fingerprint density at radius 3 is 1.84 bits per heavy atom. The number of carbonyl (C=O) groups excluding carboxylic acids is 7. The minimum Gasteiger partial charge on any atom is -0.508 e. The van der Waals surface area contributed by atoms with Crippen LogP contribution in [0.1, 0.15) is 75.3 Å². The van der Waals surface area contributed by atoms with Crippen LogP contribution in [0.3, 0.4) is 0 Å². The van der Waals surface area contributed by atoms with Gasteiger partial charge in [0.2, 0.25) is 47.1 Å². The lowest BCUT2D eigenvalue weighted by Crippen LogP contribution is -2.56. The van der Waals surface area contributed by atoms with Crippen molar-refractivity contribution in [3.63, 3.8) is 0 Å². The number of aliphatic hydroxyl groups excluding tert-OH is 1. The van der Waals surface area contributed by atoms with Gasteiger partial charge in [-0.1, -0.05) is 47.5 Å². The molecule has 7 aromatic rings. The van der Waals surface area contributed by atoms with E-state index in [1.807, 2.05) is 19.0 Å². The molecule has 7 aliphatic rings. The summed E-state index contributed by atoms with van der Waals surface area (Å²) in [6.07, 6.45) is -2.39. The van der Waals surface area contributed by atoms with Gasteiger partial charge >= 0.3 is 0 Å². The zero-order valence-electron chi connectivity index (χ0n) is 50.3. The Balaban J connectivity index is 1.06. The van der Waals surface area contributed by atoms with Crippen LogP contribution in [0.2, 0.25) is 10.0 Å². The Morgan fingerprint density at radius 2 is 1.16 bits per heavy atom. The Labute approximate surface area is 550 Å². The van der Waals surface area contributed by atoms with Gasteiger partial charge in [-0.05, 0) is 132 Å². The normalized spacial score (nSPS) is 22.0. The summed E-state index contributed by atoms with van der Waals surface area (Å²) < 4.78 is 24.3. The number of aromatic hydroxyl groups is 6. The van der Waals surface area contributed by atoms with Crippen molar-refractivity contribution in [1.29, 1.82) is 0 Å². The minimum absolute atomic E-state index is 0.0292. The molecule has 492 valence electrons. The monoisotopic (exact) mass is 1340 g/mol. The van der Waals surface area contributed by atoms with Crippen molar-refractivity contribution in [2.75, 3.05) is 53.5 Å². The molecule has 0 unspecified atom stereocenters. The molecule has 7 heterocycles. The highest BCUT2D eigenvalue weighted by molar-refractivity contribution is 6.32. The number of hydrogen-bond donors (Lipinski definition) is 14. The summed E-state index contributed by atoms with van der Waals surface area (Å²) in [6.45, 7) is 0.934. The highest BCUT2D eigenvalue weighted by Crippen LogP contribution is 2.48. The number of phenolic OH excluding ortho intramolecular Hbond substituents is 6. The number of aliphatic hydroxyl groups is 1. The van der Waals surface area contributed by atoms with Crippen molar-refractivity contribution in [1.82, 2.24) is 47.0 Å². The van der Waals surface area contributed by atoms with Gasteiger partial charge in [0.15, 0.2) is 23.0 Å². The first kappa shape index (κ1) is 64.6. The van der Waals surface area contributed by atoms with Crippen LogP contribution in [0.15, 0.2) is 115 Å². The molecule has 14 rings (SSSR count). The molecule has 8 atom stereocenters. The maximum atomic E-state index is 16.0. The molecule has 0 aliphatic carbocycles. The highest BCUT2D eigenvalue weighted by atomic mass is 35.5. The topological polar surface area (TPSA) is 389 Å². The van der Waals surface area contributed by atoms with Gasteiger partial charge in [0.25, 0.3) is 0 Å². The van der Waals surface area contributed by atoms with E-state index in [4.69, 9.17) is 42.1 Å². The van der Waals surface area contributed by atoms with Crippen LogP contribution in [-0.2, 0) is 44.7 Å². The molecular weight excluding hydrogens is 1280 g/mol. The van der Waals surface area contributed by atoms with E-state index in [9.17, 15) is 45.3 Å². The number of likely N-dealkylation sites (N-methyl/N-ethyl adjacent to an activating group) is 1. The molecule has 0 saturated carbocycles. The van der Waals surface area contributed by atoms with E-state index in [1.165, 1.54) is 77.7 Å². The van der Waals surface area contributed by atoms with E-state index < -0.39 is 136 Å². The minimum atomic E-state index is -2.15. The number of halogens is 2. The second-order valence-corrected chi connectivity index (χ2v) is 24.2. The number of nitrogens with one attached hydrogen (secondary N) is 7. The smallest absolute Gasteiger partial charge is 0.249 e. The largest absolute Gasteiger partial charge is 0.508 e. The average molecular weight is 1340 g/mol. The molecule has 0 spiro atoms. The maximum absolute atomic E-state index is 16.0. The average Bonchev–Trinajstić information content (AvgIpc) is 0.779. The Kier molecular flexibility index (Phi) is 18.0. The van der Waals surface area contributed by atoms with Gasteiger partial charge in [-0.3, -0.25) is 33.6 Å². The lowest BCUT2D eigenvalue weighted by molar-refractivity contribution is -0.142. The number of morpholine rings is 1. The number of rotatable bonds is 5. The maximum Gasteiger partial charge on any atom is 0.249 e. The molecule has 17 bridgehead atoms. The van der Waals surface area contributed by atoms with Crippen molar-refractivity contribution in [3.8, 4) is 80.1 Å². The first-order chi connectivity index (χ1) is 45.4. The fraction of sp³-hybridized carbons (Fsp3) is 0.258. The molecule has 0 radical (unpaired) electrons. The van der Waals surface area contributed by atoms with E-state index in [0.29, 0.717) is 12.1 Å². The van der Waals surface area contributed by atoms with Gasteiger partial charge < -0.3 is 102 Å². The SMILES string of the molecule is CN(C)CCN[C@@H]1C(=O)N[C@@H]2Cc3ccc(c(Cl)c3)Oc3cc4cc(c3O)Oc3ccc(cc3Cl)[C@@H](O)[C@@H]3NC(=O)[C@H](NC(=O)[C@@H]4NC(=O)[C@@H](NC2=O)c2cc(O)cc(c2)Oc2cc1ccc2O)c1ccc(O)c(c1)-c1c(O)cc(O)cc1[C@H](C(=O)N1CCOCC1)NC3=O. The van der Waals surface area contributed by atoms with E-state index >= 15 is 24.0 Å². The fourth-order valence-corrected chi connectivity index (χ4v) is 12.3. The summed E-state index contributed by atoms with van der Waals surface area (Å²) in [4.78, 5) is 110. The fourth-order valence-electron chi connectivity index (χ4n) is 11.8. The van der Waals surface area contributed by atoms with E-state index in [1.54, 1.807) is 0 Å². The Bertz CT molecular complexity index is 4300. The summed E-state index contributed by atoms with van der Waals surface area (Å²) in [5, 5.41) is 101. The molecule has 7 aromatic carbocycles. The first-order valence-electron chi connectivity index (χ1n) is 29.7. The van der Waals surface area contributed by atoms with Gasteiger partial charge in [-0.2, -0.15) is 0 Å². The molecule has 1 saturated heterocycles. The van der Waals surface area contributed by atoms with E-state index in [2.05, 4.69) is 37.2 Å². The van der Waals surface area contributed by atoms with Crippen LogP contribution in [0.5, 0.6) is 69.0 Å². The summed E-state index contributed by atoms with van der Waals surface area (Å²) in [7, 11) is 3.65. The van der Waals surface area contributed by atoms with Crippen LogP contribution < -0.4 is 51.4 Å². The first-order valence-corrected chi connectivity index (χ1v) is 30.5. The summed E-state index contributed by atoms with van der Waals surface area (Å²) in [5.74, 6) is -12.9. The third-order valence-electron chi connectivity index (χ3n) is 16.6. The predicted molar refractivity (Wildman–Crippen MR) is 337 cm³/mol. The lowest BCUT2D eigenvalue weighted by atomic mass is 9.89. The van der Waals surface area contributed by atoms with Gasteiger partial charge in [0, 0.05) is 55.9 Å². The van der Waals surface area contributed by atoms with E-state index in [0.717, 1.165) is 42.5 Å². The second-order valence-electron chi connectivity index (χ2n) is 23.4. The second kappa shape index (κ2) is 26.5. The van der Waals surface area contributed by atoms with Gasteiger partial charge in [0.05, 0.1) is 23.3 Å². The van der Waals surface area contributed by atoms with Crippen LogP contribution in [0.4, 0.5) is 0 Å². The third kappa shape index (κ3) is 13.4. The molecule has 27 nitrogen and oxygen atoms in total. The summed E-state index contributed by atoms with van der Waals surface area (Å²) >= 11 is 13.9. The number of amides is 7. The van der Waals surface area contributed by atoms with Crippen LogP contribution in [0, 0.1) is 0 Å². The Morgan fingerprint density at radius 1 is 0.558 bits per heavy atom. The number of benzene rings is 7. The molecule has 7 amide bonds. The number of phenols is 6. The number of nitrogens with zero attached hydrogens (tertiary/aromatic N) is 2. The van der Waals surface area contributed by atoms with Gasteiger partial charge in [-0.25, -0.2) is 0 Å². The number of hydrogen-bond acceptors (Lipinski definition) is 20. The zero-order chi connectivity index (χ0) is 67.3. The zero-order valence-corrected chi connectivity index (χ0v) is 51.8. The van der Waals surface area contributed by atoms with Crippen LogP contribution >= 0.6 is 23.2 Å².